The summed E-state index contributed by atoms with van der Waals surface area (Å²) in [5.74, 6) is 0. The van der Waals surface area contributed by atoms with E-state index in [1.54, 1.807) is 0 Å². The van der Waals surface area contributed by atoms with E-state index in [0.717, 1.165) is 26.2 Å². The minimum absolute atomic E-state index is 0. The molecule has 0 unspecified atom stereocenters. The van der Waals surface area contributed by atoms with E-state index < -0.39 is 0 Å². The van der Waals surface area contributed by atoms with Crippen molar-refractivity contribution in [3.63, 3.8) is 0 Å². The molecule has 2 nitrogen and oxygen atoms in total. The molecular formula is C12H29BrN2Nd-2. The minimum Gasteiger partial charge on any atom is -0.662 e. The number of rotatable bonds is 8. The number of hydrogen-bond donors (Lipinski definition) is 0. The van der Waals surface area contributed by atoms with Crippen LogP contribution in [0.1, 0.15) is 53.4 Å². The first-order valence-corrected chi connectivity index (χ1v) is 6.09. The van der Waals surface area contributed by atoms with Gasteiger partial charge in [0.05, 0.1) is 0 Å². The summed E-state index contributed by atoms with van der Waals surface area (Å²) in [5, 5.41) is 8.42. The molecule has 0 aromatic heterocycles. The third kappa shape index (κ3) is 36.0. The van der Waals surface area contributed by atoms with Crippen molar-refractivity contribution in [3.8, 4) is 0 Å². The van der Waals surface area contributed by atoms with Gasteiger partial charge >= 0.3 is 0 Å². The van der Waals surface area contributed by atoms with Gasteiger partial charge in [-0.05, 0) is 0 Å². The molecule has 0 N–H and O–H groups in total. The largest absolute Gasteiger partial charge is 0.662 e. The summed E-state index contributed by atoms with van der Waals surface area (Å²) in [6.45, 7) is 12.8. The molecule has 0 aliphatic rings. The van der Waals surface area contributed by atoms with Gasteiger partial charge in [0.25, 0.3) is 0 Å². The van der Waals surface area contributed by atoms with E-state index in [9.17, 15) is 0 Å². The summed E-state index contributed by atoms with van der Waals surface area (Å²) >= 11 is 0. The predicted octanol–water partition coefficient (Wildman–Crippen LogP) is 4.94. The molecule has 0 rings (SSSR count). The van der Waals surface area contributed by atoms with Gasteiger partial charge in [0.1, 0.15) is 0 Å². The van der Waals surface area contributed by atoms with Crippen molar-refractivity contribution in [2.24, 2.45) is 0 Å². The second kappa shape index (κ2) is 30.1. The fourth-order valence-corrected chi connectivity index (χ4v) is 0.856. The first-order chi connectivity index (χ1) is 6.83. The average molecular weight is 426 g/mol. The summed E-state index contributed by atoms with van der Waals surface area (Å²) in [6.07, 6.45) is 4.78. The molecule has 100 valence electrons. The molecule has 0 aliphatic heterocycles. The van der Waals surface area contributed by atoms with E-state index in [1.165, 1.54) is 25.7 Å². The van der Waals surface area contributed by atoms with Gasteiger partial charge in [-0.25, -0.2) is 0 Å². The van der Waals surface area contributed by atoms with Crippen LogP contribution >= 0.6 is 17.0 Å². The zero-order chi connectivity index (χ0) is 11.1. The molecule has 0 saturated heterocycles. The number of nitrogens with zero attached hydrogens (tertiary/aromatic N) is 2. The molecule has 0 radical (unpaired) electrons. The SMILES string of the molecule is Br.CCC[N-]CCC.CCC[N-]CCC.[Nd]. The van der Waals surface area contributed by atoms with Gasteiger partial charge in [-0.3, -0.25) is 0 Å². The molecule has 0 atom stereocenters. The van der Waals surface area contributed by atoms with Crippen LogP contribution in [0.3, 0.4) is 0 Å². The Bertz CT molecular complexity index is 67.4. The predicted molar refractivity (Wildman–Crippen MR) is 77.7 cm³/mol. The fraction of sp³-hybridized carbons (Fsp3) is 1.00. The van der Waals surface area contributed by atoms with Crippen molar-refractivity contribution in [1.82, 2.24) is 0 Å². The molecule has 0 saturated carbocycles. The van der Waals surface area contributed by atoms with Gasteiger partial charge in [-0.15, -0.1) is 43.2 Å². The molecule has 0 aromatic carbocycles. The Kier molecular flexibility index (Phi) is 49.5. The summed E-state index contributed by atoms with van der Waals surface area (Å²) in [6, 6.07) is 0. The fourth-order valence-electron chi connectivity index (χ4n) is 0.856. The van der Waals surface area contributed by atoms with Crippen molar-refractivity contribution in [2.45, 2.75) is 53.4 Å². The van der Waals surface area contributed by atoms with E-state index in [0.29, 0.717) is 0 Å². The Balaban J connectivity index is -0.0000000800. The van der Waals surface area contributed by atoms with Crippen molar-refractivity contribution >= 4 is 17.0 Å². The van der Waals surface area contributed by atoms with Crippen LogP contribution < -0.4 is 0 Å². The maximum absolute atomic E-state index is 4.21. The monoisotopic (exact) mass is 422 g/mol. The molecule has 0 fully saturated rings. The van der Waals surface area contributed by atoms with Gasteiger partial charge in [0.15, 0.2) is 0 Å². The Morgan fingerprint density at radius 1 is 0.562 bits per heavy atom. The van der Waals surface area contributed by atoms with Crippen molar-refractivity contribution in [1.29, 1.82) is 0 Å². The maximum atomic E-state index is 4.21. The zero-order valence-electron chi connectivity index (χ0n) is 11.5. The average Bonchev–Trinajstić information content (AvgIpc) is 2.21. The van der Waals surface area contributed by atoms with Crippen LogP contribution in [-0.2, 0) is 0 Å². The Hall–Kier alpha value is 1.75. The van der Waals surface area contributed by atoms with Crippen LogP contribution in [0.2, 0.25) is 0 Å². The third-order valence-electron chi connectivity index (χ3n) is 1.53. The first kappa shape index (κ1) is 26.3. The van der Waals surface area contributed by atoms with Gasteiger partial charge in [0.2, 0.25) is 0 Å². The van der Waals surface area contributed by atoms with Gasteiger partial charge in [-0.1, -0.05) is 53.4 Å². The molecular weight excluding hydrogens is 396 g/mol. The summed E-state index contributed by atoms with van der Waals surface area (Å²) in [7, 11) is 0. The maximum Gasteiger partial charge on any atom is 0 e. The van der Waals surface area contributed by atoms with E-state index in [-0.39, 0.29) is 57.8 Å². The summed E-state index contributed by atoms with van der Waals surface area (Å²) < 4.78 is 0. The smallest absolute Gasteiger partial charge is 0 e. The topological polar surface area (TPSA) is 28.2 Å². The van der Waals surface area contributed by atoms with E-state index in [2.05, 4.69) is 38.3 Å². The van der Waals surface area contributed by atoms with Crippen LogP contribution in [0.15, 0.2) is 0 Å². The zero-order valence-corrected chi connectivity index (χ0v) is 16.4. The van der Waals surface area contributed by atoms with Crippen molar-refractivity contribution in [3.05, 3.63) is 10.6 Å². The van der Waals surface area contributed by atoms with E-state index >= 15 is 0 Å². The molecule has 4 heteroatoms. The van der Waals surface area contributed by atoms with Crippen LogP contribution in [0, 0.1) is 40.8 Å². The van der Waals surface area contributed by atoms with E-state index in [1.807, 2.05) is 0 Å². The van der Waals surface area contributed by atoms with Gasteiger partial charge in [-0.2, -0.15) is 0 Å². The molecule has 16 heavy (non-hydrogen) atoms. The Labute approximate surface area is 146 Å². The molecule has 0 bridgehead atoms. The molecule has 0 amide bonds. The van der Waals surface area contributed by atoms with E-state index in [4.69, 9.17) is 0 Å². The molecule has 0 spiro atoms. The van der Waals surface area contributed by atoms with Crippen LogP contribution in [-0.4, -0.2) is 26.2 Å². The standard InChI is InChI=1S/2C6H14N.BrH.Nd/c2*1-3-5-7-6-4-2;;/h2*3-6H2,1-2H3;1H;/q2*-1;;. The first-order valence-electron chi connectivity index (χ1n) is 6.09. The Morgan fingerprint density at radius 2 is 0.750 bits per heavy atom. The minimum atomic E-state index is 0. The molecule has 0 aromatic rings. The second-order valence-corrected chi connectivity index (χ2v) is 3.34. The summed E-state index contributed by atoms with van der Waals surface area (Å²) in [5.41, 5.74) is 0. The van der Waals surface area contributed by atoms with Gasteiger partial charge in [0, 0.05) is 40.8 Å². The van der Waals surface area contributed by atoms with Crippen LogP contribution in [0.5, 0.6) is 0 Å². The Morgan fingerprint density at radius 3 is 0.875 bits per heavy atom. The third-order valence-corrected chi connectivity index (χ3v) is 1.53. The number of halogens is 1. The summed E-state index contributed by atoms with van der Waals surface area (Å²) in [4.78, 5) is 0. The quantitative estimate of drug-likeness (QED) is 0.493. The van der Waals surface area contributed by atoms with Crippen LogP contribution in [0.4, 0.5) is 0 Å². The van der Waals surface area contributed by atoms with Gasteiger partial charge < -0.3 is 10.6 Å². The normalized spacial score (nSPS) is 8.25. The number of hydrogen-bond acceptors (Lipinski definition) is 0. The molecule has 0 heterocycles. The second-order valence-electron chi connectivity index (χ2n) is 3.34. The van der Waals surface area contributed by atoms with Crippen molar-refractivity contribution < 1.29 is 40.8 Å². The van der Waals surface area contributed by atoms with Crippen LogP contribution in [0.25, 0.3) is 10.6 Å². The van der Waals surface area contributed by atoms with Crippen molar-refractivity contribution in [2.75, 3.05) is 26.2 Å². The molecule has 0 aliphatic carbocycles.